The van der Waals surface area contributed by atoms with Gasteiger partial charge in [-0.3, -0.25) is 9.59 Å². The summed E-state index contributed by atoms with van der Waals surface area (Å²) >= 11 is 0. The number of carbonyl (C=O) groups is 2. The Morgan fingerprint density at radius 3 is 2.12 bits per heavy atom. The van der Waals surface area contributed by atoms with Gasteiger partial charge >= 0.3 is 6.61 Å². The second-order valence-electron chi connectivity index (χ2n) is 4.80. The number of halogens is 2. The van der Waals surface area contributed by atoms with E-state index in [4.69, 9.17) is 0 Å². The van der Waals surface area contributed by atoms with Gasteiger partial charge in [-0.2, -0.15) is 8.78 Å². The summed E-state index contributed by atoms with van der Waals surface area (Å²) in [4.78, 5) is 23.5. The smallest absolute Gasteiger partial charge is 0.387 e. The van der Waals surface area contributed by atoms with Gasteiger partial charge < -0.3 is 10.1 Å². The van der Waals surface area contributed by atoms with Crippen LogP contribution in [0.4, 0.5) is 8.78 Å². The predicted molar refractivity (Wildman–Crippen MR) is 86.3 cm³/mol. The number of nitrogens with one attached hydrogen (secondary N) is 1. The highest BCUT2D eigenvalue weighted by atomic mass is 19.3. The zero-order valence-corrected chi connectivity index (χ0v) is 12.8. The largest absolute Gasteiger partial charge is 0.435 e. The van der Waals surface area contributed by atoms with Gasteiger partial charge in [-0.25, -0.2) is 0 Å². The summed E-state index contributed by atoms with van der Waals surface area (Å²) in [6.45, 7) is -2.90. The van der Waals surface area contributed by atoms with Gasteiger partial charge in [0, 0.05) is 18.2 Å². The Labute approximate surface area is 137 Å². The number of amides is 1. The fourth-order valence-corrected chi connectivity index (χ4v) is 1.96. The molecule has 4 nitrogen and oxygen atoms in total. The second kappa shape index (κ2) is 8.01. The lowest BCUT2D eigenvalue weighted by Crippen LogP contribution is -2.17. The number of ketones is 1. The van der Waals surface area contributed by atoms with E-state index < -0.39 is 6.61 Å². The number of alkyl halides is 2. The SMILES string of the molecule is CNC(=O)c1ccc(/C=C/C(=O)c2ccc(OC(F)F)cc2)cc1. The molecular formula is C18H15F2NO3. The van der Waals surface area contributed by atoms with Gasteiger partial charge in [-0.15, -0.1) is 0 Å². The number of allylic oxidation sites excluding steroid dienone is 1. The van der Waals surface area contributed by atoms with Crippen LogP contribution >= 0.6 is 0 Å². The lowest BCUT2D eigenvalue weighted by atomic mass is 10.1. The van der Waals surface area contributed by atoms with Gasteiger partial charge in [0.2, 0.25) is 0 Å². The standard InChI is InChI=1S/C18H15F2NO3/c1-21-17(23)14-5-2-12(3-6-14)4-11-16(22)13-7-9-15(10-8-13)24-18(19)20/h2-11,18H,1H3,(H,21,23)/b11-4+. The average molecular weight is 331 g/mol. The highest BCUT2D eigenvalue weighted by Crippen LogP contribution is 2.16. The molecule has 0 atom stereocenters. The molecule has 0 unspecified atom stereocenters. The van der Waals surface area contributed by atoms with E-state index in [0.717, 1.165) is 5.56 Å². The molecule has 2 rings (SSSR count). The average Bonchev–Trinajstić information content (AvgIpc) is 2.59. The van der Waals surface area contributed by atoms with E-state index in [1.807, 2.05) is 0 Å². The van der Waals surface area contributed by atoms with Gasteiger partial charge in [-0.1, -0.05) is 18.2 Å². The zero-order valence-electron chi connectivity index (χ0n) is 12.8. The van der Waals surface area contributed by atoms with E-state index in [9.17, 15) is 18.4 Å². The molecule has 0 saturated carbocycles. The molecule has 0 aliphatic heterocycles. The quantitative estimate of drug-likeness (QED) is 0.651. The lowest BCUT2D eigenvalue weighted by Gasteiger charge is -2.04. The third-order valence-corrected chi connectivity index (χ3v) is 3.19. The van der Waals surface area contributed by atoms with E-state index in [1.165, 1.54) is 30.3 Å². The molecule has 2 aromatic rings. The molecule has 0 fully saturated rings. The molecule has 0 aromatic heterocycles. The molecule has 0 heterocycles. The van der Waals surface area contributed by atoms with Crippen molar-refractivity contribution in [3.05, 3.63) is 71.3 Å². The minimum atomic E-state index is -2.90. The summed E-state index contributed by atoms with van der Waals surface area (Å²) in [6, 6.07) is 12.2. The van der Waals surface area contributed by atoms with Crippen LogP contribution in [-0.2, 0) is 0 Å². The van der Waals surface area contributed by atoms with E-state index in [0.29, 0.717) is 11.1 Å². The topological polar surface area (TPSA) is 55.4 Å². The molecular weight excluding hydrogens is 316 g/mol. The number of hydrogen-bond acceptors (Lipinski definition) is 3. The van der Waals surface area contributed by atoms with Crippen molar-refractivity contribution in [1.29, 1.82) is 0 Å². The molecule has 2 aromatic carbocycles. The van der Waals surface area contributed by atoms with E-state index >= 15 is 0 Å². The lowest BCUT2D eigenvalue weighted by molar-refractivity contribution is -0.0498. The Kier molecular flexibility index (Phi) is 5.78. The van der Waals surface area contributed by atoms with Crippen LogP contribution < -0.4 is 10.1 Å². The Hall–Kier alpha value is -3.02. The summed E-state index contributed by atoms with van der Waals surface area (Å²) in [7, 11) is 1.55. The molecule has 0 spiro atoms. The van der Waals surface area contributed by atoms with Crippen molar-refractivity contribution in [3.8, 4) is 5.75 Å². The normalized spacial score (nSPS) is 10.8. The minimum Gasteiger partial charge on any atom is -0.435 e. The summed E-state index contributed by atoms with van der Waals surface area (Å²) in [6.07, 6.45) is 2.98. The highest BCUT2D eigenvalue weighted by molar-refractivity contribution is 6.06. The molecule has 0 aliphatic carbocycles. The minimum absolute atomic E-state index is 0.00433. The van der Waals surface area contributed by atoms with Gasteiger partial charge in [0.1, 0.15) is 5.75 Å². The second-order valence-corrected chi connectivity index (χ2v) is 4.80. The van der Waals surface area contributed by atoms with Crippen LogP contribution in [0.3, 0.4) is 0 Å². The van der Waals surface area contributed by atoms with Crippen molar-refractivity contribution in [2.24, 2.45) is 0 Å². The van der Waals surface area contributed by atoms with Gasteiger partial charge in [0.25, 0.3) is 5.91 Å². The molecule has 6 heteroatoms. The van der Waals surface area contributed by atoms with Crippen LogP contribution in [0.2, 0.25) is 0 Å². The predicted octanol–water partition coefficient (Wildman–Crippen LogP) is 3.54. The number of rotatable bonds is 6. The van der Waals surface area contributed by atoms with Crippen molar-refractivity contribution in [2.45, 2.75) is 6.61 Å². The first-order chi connectivity index (χ1) is 11.5. The fourth-order valence-electron chi connectivity index (χ4n) is 1.96. The van der Waals surface area contributed by atoms with E-state index in [-0.39, 0.29) is 17.4 Å². The van der Waals surface area contributed by atoms with Crippen molar-refractivity contribution in [1.82, 2.24) is 5.32 Å². The van der Waals surface area contributed by atoms with Crippen LogP contribution in [-0.4, -0.2) is 25.3 Å². The number of hydrogen-bond donors (Lipinski definition) is 1. The molecule has 0 saturated heterocycles. The van der Waals surface area contributed by atoms with Crippen molar-refractivity contribution in [2.75, 3.05) is 7.05 Å². The number of benzene rings is 2. The van der Waals surface area contributed by atoms with Crippen LogP contribution in [0.25, 0.3) is 6.08 Å². The molecule has 0 aliphatic rings. The van der Waals surface area contributed by atoms with Crippen molar-refractivity contribution < 1.29 is 23.1 Å². The zero-order chi connectivity index (χ0) is 17.5. The molecule has 0 radical (unpaired) electrons. The summed E-state index contributed by atoms with van der Waals surface area (Å²) in [5.74, 6) is -0.461. The van der Waals surface area contributed by atoms with Crippen LogP contribution in [0.5, 0.6) is 5.75 Å². The van der Waals surface area contributed by atoms with Gasteiger partial charge in [0.15, 0.2) is 5.78 Å². The monoisotopic (exact) mass is 331 g/mol. The molecule has 1 N–H and O–H groups in total. The van der Waals surface area contributed by atoms with Crippen molar-refractivity contribution >= 4 is 17.8 Å². The van der Waals surface area contributed by atoms with E-state index in [2.05, 4.69) is 10.1 Å². The number of ether oxygens (including phenoxy) is 1. The molecule has 124 valence electrons. The maximum Gasteiger partial charge on any atom is 0.387 e. The highest BCUT2D eigenvalue weighted by Gasteiger charge is 2.06. The van der Waals surface area contributed by atoms with Gasteiger partial charge in [0.05, 0.1) is 0 Å². The summed E-state index contributed by atoms with van der Waals surface area (Å²) in [5, 5.41) is 2.52. The Morgan fingerprint density at radius 1 is 1.00 bits per heavy atom. The van der Waals surface area contributed by atoms with Gasteiger partial charge in [-0.05, 0) is 48.0 Å². The maximum atomic E-state index is 12.1. The molecule has 24 heavy (non-hydrogen) atoms. The molecule has 1 amide bonds. The Morgan fingerprint density at radius 2 is 1.58 bits per heavy atom. The first-order valence-corrected chi connectivity index (χ1v) is 7.09. The third kappa shape index (κ3) is 4.74. The van der Waals surface area contributed by atoms with Crippen molar-refractivity contribution in [3.63, 3.8) is 0 Å². The maximum absolute atomic E-state index is 12.1. The third-order valence-electron chi connectivity index (χ3n) is 3.19. The summed E-state index contributed by atoms with van der Waals surface area (Å²) < 4.78 is 28.4. The first-order valence-electron chi connectivity index (χ1n) is 7.09. The van der Waals surface area contributed by atoms with Crippen LogP contribution in [0.1, 0.15) is 26.3 Å². The summed E-state index contributed by atoms with van der Waals surface area (Å²) in [5.41, 5.74) is 1.64. The first kappa shape index (κ1) is 17.3. The Balaban J connectivity index is 2.03. The Bertz CT molecular complexity index is 738. The van der Waals surface area contributed by atoms with Crippen LogP contribution in [0.15, 0.2) is 54.6 Å². The fraction of sp³-hybridized carbons (Fsp3) is 0.111. The number of carbonyl (C=O) groups excluding carboxylic acids is 2. The van der Waals surface area contributed by atoms with E-state index in [1.54, 1.807) is 37.4 Å². The molecule has 0 bridgehead atoms. The van der Waals surface area contributed by atoms with Crippen LogP contribution in [0, 0.1) is 0 Å².